The largest absolute Gasteiger partial charge is 0.393 e. The summed E-state index contributed by atoms with van der Waals surface area (Å²) in [5, 5.41) is 30.2. The van der Waals surface area contributed by atoms with Crippen molar-refractivity contribution in [3.63, 3.8) is 0 Å². The van der Waals surface area contributed by atoms with Gasteiger partial charge in [0.25, 0.3) is 0 Å². The van der Waals surface area contributed by atoms with Crippen LogP contribution in [0.3, 0.4) is 0 Å². The van der Waals surface area contributed by atoms with E-state index in [-0.39, 0.29) is 0 Å². The van der Waals surface area contributed by atoms with Gasteiger partial charge in [-0.25, -0.2) is 0 Å². The Kier molecular flexibility index (Phi) is 7.37. The third-order valence-electron chi connectivity index (χ3n) is 8.44. The minimum absolute atomic E-state index is 0.374. The fourth-order valence-electron chi connectivity index (χ4n) is 6.74. The first kappa shape index (κ1) is 23.8. The van der Waals surface area contributed by atoms with Gasteiger partial charge in [0.2, 0.25) is 0 Å². The zero-order valence-electron chi connectivity index (χ0n) is 19.7. The molecule has 170 valence electrons. The highest BCUT2D eigenvalue weighted by atomic mass is 16.3. The van der Waals surface area contributed by atoms with Gasteiger partial charge in [-0.15, -0.1) is 0 Å². The number of aliphatic hydroxyl groups is 3. The first-order chi connectivity index (χ1) is 14.0. The molecule has 0 aromatic carbocycles. The van der Waals surface area contributed by atoms with Gasteiger partial charge in [-0.3, -0.25) is 0 Å². The molecule has 3 N–H and O–H groups in total. The van der Waals surface area contributed by atoms with Gasteiger partial charge in [-0.1, -0.05) is 51.0 Å². The predicted octanol–water partition coefficient (Wildman–Crippen LogP) is 5.70. The molecule has 3 rings (SSSR count). The summed E-state index contributed by atoms with van der Waals surface area (Å²) < 4.78 is 0. The maximum Gasteiger partial charge on any atom is 0.0811 e. The van der Waals surface area contributed by atoms with Crippen LogP contribution in [-0.4, -0.2) is 33.1 Å². The Balaban J connectivity index is 1.70. The van der Waals surface area contributed by atoms with E-state index in [1.165, 1.54) is 38.5 Å². The standard InChI is InChI=1S/C27H44O3/c1-18(8-6-14-26(3,4)30)23-12-13-24-20(9-7-15-27(23,24)5)10-11-21-16-22(28)17-25(29)19(21)2/h10-11,18,22-25,28-30H,2,6-9,12-17H2,1,3-5H3/b20-10+,21-11-/t18-,22?,23?,24?,25+,27-/m1/s1. The molecule has 3 nitrogen and oxygen atoms in total. The van der Waals surface area contributed by atoms with Crippen molar-refractivity contribution < 1.29 is 15.3 Å². The van der Waals surface area contributed by atoms with Gasteiger partial charge < -0.3 is 15.3 Å². The summed E-state index contributed by atoms with van der Waals surface area (Å²) in [5.74, 6) is 2.11. The van der Waals surface area contributed by atoms with E-state index in [4.69, 9.17) is 0 Å². The highest BCUT2D eigenvalue weighted by Crippen LogP contribution is 2.60. The molecule has 0 spiro atoms. The van der Waals surface area contributed by atoms with Crippen LogP contribution in [-0.2, 0) is 0 Å². The minimum Gasteiger partial charge on any atom is -0.393 e. The Morgan fingerprint density at radius 1 is 1.23 bits per heavy atom. The first-order valence-corrected chi connectivity index (χ1v) is 12.2. The smallest absolute Gasteiger partial charge is 0.0811 e. The van der Waals surface area contributed by atoms with E-state index >= 15 is 0 Å². The molecule has 0 bridgehead atoms. The summed E-state index contributed by atoms with van der Waals surface area (Å²) in [5.41, 5.74) is 3.17. The number of fused-ring (bicyclic) bond motifs is 1. The number of hydrogen-bond donors (Lipinski definition) is 3. The minimum atomic E-state index is -0.615. The molecule has 6 atom stereocenters. The van der Waals surface area contributed by atoms with Crippen LogP contribution in [0.1, 0.15) is 91.9 Å². The predicted molar refractivity (Wildman–Crippen MR) is 124 cm³/mol. The molecule has 3 aliphatic carbocycles. The number of rotatable bonds is 6. The number of aliphatic hydroxyl groups excluding tert-OH is 2. The molecule has 0 aromatic rings. The van der Waals surface area contributed by atoms with Gasteiger partial charge in [0, 0.05) is 6.42 Å². The van der Waals surface area contributed by atoms with Crippen molar-refractivity contribution >= 4 is 0 Å². The molecule has 30 heavy (non-hydrogen) atoms. The fraction of sp³-hybridized carbons (Fsp3) is 0.778. The van der Waals surface area contributed by atoms with E-state index in [0.717, 1.165) is 29.9 Å². The van der Waals surface area contributed by atoms with E-state index in [1.807, 2.05) is 13.8 Å². The average molecular weight is 417 g/mol. The normalized spacial score (nSPS) is 38.8. The van der Waals surface area contributed by atoms with E-state index in [1.54, 1.807) is 5.57 Å². The molecule has 3 heteroatoms. The lowest BCUT2D eigenvalue weighted by atomic mass is 9.60. The van der Waals surface area contributed by atoms with E-state index < -0.39 is 17.8 Å². The van der Waals surface area contributed by atoms with Crippen LogP contribution in [0.15, 0.2) is 35.5 Å². The number of allylic oxidation sites excluding steroid dienone is 3. The first-order valence-electron chi connectivity index (χ1n) is 12.2. The van der Waals surface area contributed by atoms with Crippen molar-refractivity contribution in [3.05, 3.63) is 35.5 Å². The zero-order chi connectivity index (χ0) is 22.1. The Hall–Kier alpha value is -0.900. The van der Waals surface area contributed by atoms with Crippen LogP contribution < -0.4 is 0 Å². The lowest BCUT2D eigenvalue weighted by Gasteiger charge is -2.44. The quantitative estimate of drug-likeness (QED) is 0.520. The SMILES string of the molecule is C=C1/C(=C\C=C2/CCC[C@@]3(C)C2CCC3[C@H](C)CCCC(C)(C)O)CC(O)C[C@@H]1O. The summed E-state index contributed by atoms with van der Waals surface area (Å²) in [6.07, 6.45) is 13.9. The van der Waals surface area contributed by atoms with Gasteiger partial charge in [0.05, 0.1) is 17.8 Å². The maximum absolute atomic E-state index is 10.1. The molecule has 0 aromatic heterocycles. The molecule has 0 heterocycles. The van der Waals surface area contributed by atoms with Crippen LogP contribution >= 0.6 is 0 Å². The van der Waals surface area contributed by atoms with Crippen LogP contribution in [0.4, 0.5) is 0 Å². The third kappa shape index (κ3) is 5.29. The monoisotopic (exact) mass is 416 g/mol. The summed E-state index contributed by atoms with van der Waals surface area (Å²) in [4.78, 5) is 0. The molecule has 0 saturated heterocycles. The van der Waals surface area contributed by atoms with Crippen molar-refractivity contribution in [2.45, 2.75) is 110 Å². The molecule has 3 unspecified atom stereocenters. The summed E-state index contributed by atoms with van der Waals surface area (Å²) >= 11 is 0. The molecule has 3 fully saturated rings. The van der Waals surface area contributed by atoms with Crippen LogP contribution in [0.25, 0.3) is 0 Å². The molecule has 3 saturated carbocycles. The second-order valence-corrected chi connectivity index (χ2v) is 11.3. The highest BCUT2D eigenvalue weighted by molar-refractivity contribution is 5.38. The van der Waals surface area contributed by atoms with Crippen molar-refractivity contribution in [1.29, 1.82) is 0 Å². The Morgan fingerprint density at radius 2 is 1.97 bits per heavy atom. The van der Waals surface area contributed by atoms with Crippen LogP contribution in [0.5, 0.6) is 0 Å². The average Bonchev–Trinajstić information content (AvgIpc) is 3.00. The van der Waals surface area contributed by atoms with Crippen LogP contribution in [0.2, 0.25) is 0 Å². The Labute approximate surface area is 184 Å². The Bertz CT molecular complexity index is 683. The van der Waals surface area contributed by atoms with Gasteiger partial charge in [0.1, 0.15) is 0 Å². The van der Waals surface area contributed by atoms with E-state index in [9.17, 15) is 15.3 Å². The second kappa shape index (κ2) is 9.30. The van der Waals surface area contributed by atoms with E-state index in [0.29, 0.717) is 30.1 Å². The molecule has 3 aliphatic rings. The lowest BCUT2D eigenvalue weighted by Crippen LogP contribution is -2.36. The third-order valence-corrected chi connectivity index (χ3v) is 8.44. The molecule has 0 radical (unpaired) electrons. The van der Waals surface area contributed by atoms with Crippen molar-refractivity contribution in [1.82, 2.24) is 0 Å². The summed E-state index contributed by atoms with van der Waals surface area (Å²) in [6.45, 7) is 12.8. The van der Waals surface area contributed by atoms with Crippen molar-refractivity contribution in [3.8, 4) is 0 Å². The highest BCUT2D eigenvalue weighted by Gasteiger charge is 2.50. The molecular weight excluding hydrogens is 372 g/mol. The molecule has 0 aliphatic heterocycles. The van der Waals surface area contributed by atoms with Gasteiger partial charge in [-0.2, -0.15) is 0 Å². The van der Waals surface area contributed by atoms with Gasteiger partial charge in [-0.05, 0) is 93.1 Å². The van der Waals surface area contributed by atoms with Gasteiger partial charge >= 0.3 is 0 Å². The topological polar surface area (TPSA) is 60.7 Å². The lowest BCUT2D eigenvalue weighted by molar-refractivity contribution is 0.0596. The van der Waals surface area contributed by atoms with Crippen LogP contribution in [0, 0.1) is 23.2 Å². The summed E-state index contributed by atoms with van der Waals surface area (Å²) in [6, 6.07) is 0. The molecule has 0 amide bonds. The number of hydrogen-bond acceptors (Lipinski definition) is 3. The van der Waals surface area contributed by atoms with Crippen molar-refractivity contribution in [2.24, 2.45) is 23.2 Å². The Morgan fingerprint density at radius 3 is 2.67 bits per heavy atom. The second-order valence-electron chi connectivity index (χ2n) is 11.3. The van der Waals surface area contributed by atoms with E-state index in [2.05, 4.69) is 32.6 Å². The maximum atomic E-state index is 10.1. The molecular formula is C27H44O3. The zero-order valence-corrected chi connectivity index (χ0v) is 19.7. The fourth-order valence-corrected chi connectivity index (χ4v) is 6.74. The van der Waals surface area contributed by atoms with Crippen molar-refractivity contribution in [2.75, 3.05) is 0 Å². The van der Waals surface area contributed by atoms with Gasteiger partial charge in [0.15, 0.2) is 0 Å². The summed E-state index contributed by atoms with van der Waals surface area (Å²) in [7, 11) is 0.